The third-order valence-electron chi connectivity index (χ3n) is 5.96. The Balaban J connectivity index is 1.12. The van der Waals surface area contributed by atoms with Gasteiger partial charge in [-0.25, -0.2) is 0 Å². The molecule has 0 aliphatic heterocycles. The number of fused-ring (bicyclic) bond motifs is 2. The second-order valence-corrected chi connectivity index (χ2v) is 8.21. The molecule has 2 heterocycles. The Hall–Kier alpha value is -3.99. The van der Waals surface area contributed by atoms with Gasteiger partial charge in [0.25, 0.3) is 0 Å². The van der Waals surface area contributed by atoms with E-state index in [4.69, 9.17) is 4.74 Å². The molecule has 33 heavy (non-hydrogen) atoms. The van der Waals surface area contributed by atoms with Crippen LogP contribution in [0.5, 0.6) is 5.75 Å². The zero-order valence-corrected chi connectivity index (χ0v) is 18.5. The van der Waals surface area contributed by atoms with Crippen molar-refractivity contribution in [1.82, 2.24) is 14.9 Å². The molecule has 2 N–H and O–H groups in total. The highest BCUT2D eigenvalue weighted by Crippen LogP contribution is 2.23. The predicted octanol–water partition coefficient (Wildman–Crippen LogP) is 5.45. The lowest BCUT2D eigenvalue weighted by atomic mass is 10.1. The zero-order chi connectivity index (χ0) is 22.5. The molecule has 0 fully saturated rings. The van der Waals surface area contributed by atoms with E-state index >= 15 is 0 Å². The fraction of sp³-hybridized carbons (Fsp3) is 0.179. The van der Waals surface area contributed by atoms with Crippen molar-refractivity contribution in [3.05, 3.63) is 102 Å². The maximum absolute atomic E-state index is 12.4. The molecular weight excluding hydrogens is 410 g/mol. The normalized spacial score (nSPS) is 11.2. The van der Waals surface area contributed by atoms with Gasteiger partial charge in [-0.1, -0.05) is 48.5 Å². The van der Waals surface area contributed by atoms with E-state index in [0.717, 1.165) is 34.2 Å². The molecule has 3 aromatic carbocycles. The van der Waals surface area contributed by atoms with Gasteiger partial charge >= 0.3 is 0 Å². The van der Waals surface area contributed by atoms with Crippen LogP contribution in [0.25, 0.3) is 21.8 Å². The number of para-hydroxylation sites is 1. The van der Waals surface area contributed by atoms with E-state index in [1.807, 2.05) is 48.8 Å². The first-order chi connectivity index (χ1) is 16.3. The van der Waals surface area contributed by atoms with Gasteiger partial charge in [-0.15, -0.1) is 0 Å². The maximum atomic E-state index is 12.4. The Labute approximate surface area is 193 Å². The summed E-state index contributed by atoms with van der Waals surface area (Å²) in [6.07, 6.45) is 5.32. The molecule has 0 aliphatic carbocycles. The Kier molecular flexibility index (Phi) is 6.11. The number of aromatic amines is 1. The highest BCUT2D eigenvalue weighted by molar-refractivity contribution is 5.83. The van der Waals surface area contributed by atoms with Crippen molar-refractivity contribution >= 4 is 27.7 Å². The standard InChI is InChI=1S/C28H27N3O2/c32-28(29-15-12-23-19-30-26-9-5-4-8-25(23)26)14-17-31-16-13-22-18-24(10-11-27(22)31)33-20-21-6-2-1-3-7-21/h1-11,13,16,18-19,30H,12,14-15,17,20H2,(H,29,32). The summed E-state index contributed by atoms with van der Waals surface area (Å²) in [7, 11) is 0. The van der Waals surface area contributed by atoms with Crippen LogP contribution in [0.2, 0.25) is 0 Å². The molecule has 2 aromatic heterocycles. The summed E-state index contributed by atoms with van der Waals surface area (Å²) < 4.78 is 8.05. The molecule has 5 rings (SSSR count). The lowest BCUT2D eigenvalue weighted by molar-refractivity contribution is -0.121. The van der Waals surface area contributed by atoms with E-state index < -0.39 is 0 Å². The van der Waals surface area contributed by atoms with Crippen LogP contribution >= 0.6 is 0 Å². The van der Waals surface area contributed by atoms with Crippen LogP contribution in [0.1, 0.15) is 17.5 Å². The van der Waals surface area contributed by atoms with E-state index in [9.17, 15) is 4.79 Å². The van der Waals surface area contributed by atoms with Crippen LogP contribution in [0.4, 0.5) is 0 Å². The minimum Gasteiger partial charge on any atom is -0.489 e. The molecule has 5 nitrogen and oxygen atoms in total. The van der Waals surface area contributed by atoms with Gasteiger partial charge in [-0.05, 0) is 47.9 Å². The number of amides is 1. The van der Waals surface area contributed by atoms with Gasteiger partial charge in [0.1, 0.15) is 12.4 Å². The Morgan fingerprint density at radius 1 is 0.970 bits per heavy atom. The number of aryl methyl sites for hydroxylation is 1. The van der Waals surface area contributed by atoms with Crippen molar-refractivity contribution < 1.29 is 9.53 Å². The lowest BCUT2D eigenvalue weighted by Crippen LogP contribution is -2.26. The van der Waals surface area contributed by atoms with Crippen molar-refractivity contribution in [2.75, 3.05) is 6.54 Å². The summed E-state index contributed by atoms with van der Waals surface area (Å²) in [5.74, 6) is 0.915. The average molecular weight is 438 g/mol. The van der Waals surface area contributed by atoms with Crippen molar-refractivity contribution in [3.63, 3.8) is 0 Å². The Morgan fingerprint density at radius 3 is 2.73 bits per heavy atom. The average Bonchev–Trinajstić information content (AvgIpc) is 3.46. The zero-order valence-electron chi connectivity index (χ0n) is 18.5. The summed E-state index contributed by atoms with van der Waals surface area (Å²) in [4.78, 5) is 15.7. The SMILES string of the molecule is O=C(CCn1ccc2cc(OCc3ccccc3)ccc21)NCCc1c[nH]c2ccccc12. The lowest BCUT2D eigenvalue weighted by Gasteiger charge is -2.09. The summed E-state index contributed by atoms with van der Waals surface area (Å²) in [6.45, 7) is 1.83. The quantitative estimate of drug-likeness (QED) is 0.322. The molecule has 0 bridgehead atoms. The Morgan fingerprint density at radius 2 is 1.82 bits per heavy atom. The number of nitrogens with one attached hydrogen (secondary N) is 2. The molecule has 0 spiro atoms. The van der Waals surface area contributed by atoms with E-state index in [2.05, 4.69) is 57.3 Å². The van der Waals surface area contributed by atoms with Gasteiger partial charge in [0, 0.05) is 53.7 Å². The summed E-state index contributed by atoms with van der Waals surface area (Å²) in [5.41, 5.74) is 4.61. The van der Waals surface area contributed by atoms with E-state index in [0.29, 0.717) is 26.1 Å². The number of aromatic nitrogens is 2. The first-order valence-electron chi connectivity index (χ1n) is 11.3. The minimum absolute atomic E-state index is 0.0690. The predicted molar refractivity (Wildman–Crippen MR) is 132 cm³/mol. The molecule has 166 valence electrons. The second-order valence-electron chi connectivity index (χ2n) is 8.21. The molecule has 5 heteroatoms. The van der Waals surface area contributed by atoms with Gasteiger partial charge in [-0.2, -0.15) is 0 Å². The van der Waals surface area contributed by atoms with Crippen molar-refractivity contribution in [2.45, 2.75) is 26.0 Å². The Bertz CT molecular complexity index is 1370. The number of carbonyl (C=O) groups is 1. The number of nitrogens with zero attached hydrogens (tertiary/aromatic N) is 1. The molecule has 5 aromatic rings. The van der Waals surface area contributed by atoms with E-state index in [1.54, 1.807) is 0 Å². The minimum atomic E-state index is 0.0690. The van der Waals surface area contributed by atoms with Gasteiger partial charge in [0.15, 0.2) is 0 Å². The number of rotatable bonds is 9. The number of benzene rings is 3. The first-order valence-corrected chi connectivity index (χ1v) is 11.3. The van der Waals surface area contributed by atoms with Crippen molar-refractivity contribution in [1.29, 1.82) is 0 Å². The van der Waals surface area contributed by atoms with Crippen LogP contribution in [-0.4, -0.2) is 22.0 Å². The molecule has 0 aliphatic rings. The van der Waals surface area contributed by atoms with Crippen molar-refractivity contribution in [2.24, 2.45) is 0 Å². The molecular formula is C28H27N3O2. The summed E-state index contributed by atoms with van der Waals surface area (Å²) in [6, 6.07) is 26.6. The summed E-state index contributed by atoms with van der Waals surface area (Å²) >= 11 is 0. The largest absolute Gasteiger partial charge is 0.489 e. The third-order valence-corrected chi connectivity index (χ3v) is 5.96. The highest BCUT2D eigenvalue weighted by Gasteiger charge is 2.08. The smallest absolute Gasteiger partial charge is 0.221 e. The second kappa shape index (κ2) is 9.65. The van der Waals surface area contributed by atoms with Crippen LogP contribution in [0, 0.1) is 0 Å². The number of ether oxygens (including phenoxy) is 1. The van der Waals surface area contributed by atoms with Crippen LogP contribution in [-0.2, 0) is 24.4 Å². The van der Waals surface area contributed by atoms with Gasteiger partial charge in [0.05, 0.1) is 0 Å². The third kappa shape index (κ3) is 4.93. The van der Waals surface area contributed by atoms with E-state index in [1.165, 1.54) is 10.9 Å². The number of hydrogen-bond acceptors (Lipinski definition) is 2. The fourth-order valence-corrected chi connectivity index (χ4v) is 4.19. The molecule has 0 saturated carbocycles. The number of H-pyrrole nitrogens is 1. The molecule has 0 atom stereocenters. The topological polar surface area (TPSA) is 59.0 Å². The molecule has 1 amide bonds. The first kappa shape index (κ1) is 20.9. The summed E-state index contributed by atoms with van der Waals surface area (Å²) in [5, 5.41) is 5.38. The highest BCUT2D eigenvalue weighted by atomic mass is 16.5. The van der Waals surface area contributed by atoms with Gasteiger partial charge < -0.3 is 19.6 Å². The van der Waals surface area contributed by atoms with Crippen LogP contribution in [0.15, 0.2) is 91.3 Å². The monoisotopic (exact) mass is 437 g/mol. The van der Waals surface area contributed by atoms with Crippen LogP contribution in [0.3, 0.4) is 0 Å². The number of carbonyl (C=O) groups excluding carboxylic acids is 1. The van der Waals surface area contributed by atoms with Crippen LogP contribution < -0.4 is 10.1 Å². The van der Waals surface area contributed by atoms with Gasteiger partial charge in [-0.3, -0.25) is 4.79 Å². The number of hydrogen-bond donors (Lipinski definition) is 2. The molecule has 0 radical (unpaired) electrons. The van der Waals surface area contributed by atoms with Crippen molar-refractivity contribution in [3.8, 4) is 5.75 Å². The molecule has 0 saturated heterocycles. The fourth-order valence-electron chi connectivity index (χ4n) is 4.19. The maximum Gasteiger partial charge on any atom is 0.221 e. The van der Waals surface area contributed by atoms with E-state index in [-0.39, 0.29) is 5.91 Å². The molecule has 0 unspecified atom stereocenters. The van der Waals surface area contributed by atoms with Gasteiger partial charge in [0.2, 0.25) is 5.91 Å².